The Kier molecular flexibility index (Phi) is 6.42. The molecule has 4 nitrogen and oxygen atoms in total. The second-order valence-corrected chi connectivity index (χ2v) is 6.79. The molecule has 26 heavy (non-hydrogen) atoms. The van der Waals surface area contributed by atoms with E-state index in [1.165, 1.54) is 24.9 Å². The van der Waals surface area contributed by atoms with Crippen LogP contribution in [0.15, 0.2) is 54.6 Å². The third kappa shape index (κ3) is 5.19. The first kappa shape index (κ1) is 18.2. The van der Waals surface area contributed by atoms with Crippen LogP contribution >= 0.6 is 0 Å². The lowest BCUT2D eigenvalue weighted by Crippen LogP contribution is -2.29. The zero-order chi connectivity index (χ0) is 18.2. The summed E-state index contributed by atoms with van der Waals surface area (Å²) in [5.41, 5.74) is 2.74. The van der Waals surface area contributed by atoms with Crippen molar-refractivity contribution in [2.45, 2.75) is 38.5 Å². The van der Waals surface area contributed by atoms with E-state index in [-0.39, 0.29) is 11.7 Å². The molecule has 0 aromatic heterocycles. The molecule has 0 radical (unpaired) electrons. The molecule has 1 N–H and O–H groups in total. The summed E-state index contributed by atoms with van der Waals surface area (Å²) in [7, 11) is 0. The van der Waals surface area contributed by atoms with Crippen molar-refractivity contribution in [2.75, 3.05) is 23.3 Å². The minimum Gasteiger partial charge on any atom is -0.372 e. The highest BCUT2D eigenvalue weighted by molar-refractivity contribution is 5.96. The second kappa shape index (κ2) is 9.18. The standard InChI is InChI=1S/C22H26N2O2/c25-21(18-8-3-1-4-9-18)10-7-11-22(26)23-19-12-14-20(15-13-19)24-16-5-2-6-17-24/h1,3-4,8-9,12-15H,2,5-7,10-11,16-17H2,(H,23,26). The van der Waals surface area contributed by atoms with Gasteiger partial charge < -0.3 is 10.2 Å². The van der Waals surface area contributed by atoms with Gasteiger partial charge in [-0.05, 0) is 49.9 Å². The Morgan fingerprint density at radius 1 is 0.846 bits per heavy atom. The van der Waals surface area contributed by atoms with Crippen LogP contribution in [-0.2, 0) is 4.79 Å². The largest absolute Gasteiger partial charge is 0.372 e. The van der Waals surface area contributed by atoms with Gasteiger partial charge in [0.2, 0.25) is 5.91 Å². The van der Waals surface area contributed by atoms with Crippen molar-refractivity contribution in [1.82, 2.24) is 0 Å². The molecule has 4 heteroatoms. The maximum Gasteiger partial charge on any atom is 0.224 e. The van der Waals surface area contributed by atoms with Gasteiger partial charge in [-0.25, -0.2) is 0 Å². The first-order valence-electron chi connectivity index (χ1n) is 9.45. The van der Waals surface area contributed by atoms with E-state index in [1.807, 2.05) is 42.5 Å². The number of piperidine rings is 1. The highest BCUT2D eigenvalue weighted by Gasteiger charge is 2.11. The normalized spacial score (nSPS) is 14.1. The van der Waals surface area contributed by atoms with Gasteiger partial charge in [-0.1, -0.05) is 30.3 Å². The van der Waals surface area contributed by atoms with Crippen molar-refractivity contribution in [2.24, 2.45) is 0 Å². The number of benzene rings is 2. The summed E-state index contributed by atoms with van der Waals surface area (Å²) in [5, 5.41) is 2.92. The average Bonchev–Trinajstić information content (AvgIpc) is 2.70. The third-order valence-electron chi connectivity index (χ3n) is 4.78. The first-order valence-corrected chi connectivity index (χ1v) is 9.45. The molecule has 0 spiro atoms. The smallest absolute Gasteiger partial charge is 0.224 e. The van der Waals surface area contributed by atoms with Gasteiger partial charge in [-0.15, -0.1) is 0 Å². The summed E-state index contributed by atoms with van der Waals surface area (Å²) >= 11 is 0. The monoisotopic (exact) mass is 350 g/mol. The summed E-state index contributed by atoms with van der Waals surface area (Å²) in [4.78, 5) is 26.5. The van der Waals surface area contributed by atoms with Crippen LogP contribution in [0.4, 0.5) is 11.4 Å². The van der Waals surface area contributed by atoms with Crippen molar-refractivity contribution in [1.29, 1.82) is 0 Å². The SMILES string of the molecule is O=C(CCCC(=O)c1ccccc1)Nc1ccc(N2CCCCC2)cc1. The molecule has 0 atom stereocenters. The van der Waals surface area contributed by atoms with Gasteiger partial charge in [0.05, 0.1) is 0 Å². The molecule has 1 amide bonds. The predicted octanol–water partition coefficient (Wildman–Crippen LogP) is 4.67. The van der Waals surface area contributed by atoms with E-state index >= 15 is 0 Å². The molecular weight excluding hydrogens is 324 g/mol. The fourth-order valence-electron chi connectivity index (χ4n) is 3.31. The Labute approximate surface area is 155 Å². The number of amides is 1. The van der Waals surface area contributed by atoms with Crippen molar-refractivity contribution in [3.05, 3.63) is 60.2 Å². The van der Waals surface area contributed by atoms with Gasteiger partial charge in [0.1, 0.15) is 0 Å². The van der Waals surface area contributed by atoms with Gasteiger partial charge in [0.25, 0.3) is 0 Å². The molecule has 1 aliphatic rings. The lowest BCUT2D eigenvalue weighted by atomic mass is 10.1. The van der Waals surface area contributed by atoms with Gasteiger partial charge in [-0.2, -0.15) is 0 Å². The Morgan fingerprint density at radius 3 is 2.23 bits per heavy atom. The van der Waals surface area contributed by atoms with Gasteiger partial charge >= 0.3 is 0 Å². The highest BCUT2D eigenvalue weighted by atomic mass is 16.1. The van der Waals surface area contributed by atoms with Crippen LogP contribution in [0.25, 0.3) is 0 Å². The van der Waals surface area contributed by atoms with Crippen LogP contribution in [0.2, 0.25) is 0 Å². The molecule has 1 heterocycles. The van der Waals surface area contributed by atoms with E-state index in [4.69, 9.17) is 0 Å². The third-order valence-corrected chi connectivity index (χ3v) is 4.78. The van der Waals surface area contributed by atoms with E-state index in [0.717, 1.165) is 18.8 Å². The predicted molar refractivity (Wildman–Crippen MR) is 106 cm³/mol. The van der Waals surface area contributed by atoms with Crippen molar-refractivity contribution < 1.29 is 9.59 Å². The van der Waals surface area contributed by atoms with Crippen LogP contribution in [0.3, 0.4) is 0 Å². The van der Waals surface area contributed by atoms with Gasteiger partial charge in [0, 0.05) is 42.9 Å². The quantitative estimate of drug-likeness (QED) is 0.738. The summed E-state index contributed by atoms with van der Waals surface area (Å²) in [6.45, 7) is 2.22. The number of hydrogen-bond donors (Lipinski definition) is 1. The van der Waals surface area contributed by atoms with Crippen LogP contribution in [0.5, 0.6) is 0 Å². The molecule has 1 aliphatic heterocycles. The number of carbonyl (C=O) groups is 2. The van der Waals surface area contributed by atoms with E-state index in [0.29, 0.717) is 24.8 Å². The van der Waals surface area contributed by atoms with E-state index in [2.05, 4.69) is 22.3 Å². The fraction of sp³-hybridized carbons (Fsp3) is 0.364. The number of nitrogens with one attached hydrogen (secondary N) is 1. The summed E-state index contributed by atoms with van der Waals surface area (Å²) in [6.07, 6.45) is 5.13. The maximum atomic E-state index is 12.1. The van der Waals surface area contributed by atoms with E-state index in [1.54, 1.807) is 0 Å². The molecule has 2 aromatic carbocycles. The minimum absolute atomic E-state index is 0.0448. The topological polar surface area (TPSA) is 49.4 Å². The lowest BCUT2D eigenvalue weighted by molar-refractivity contribution is -0.116. The van der Waals surface area contributed by atoms with Gasteiger partial charge in [0.15, 0.2) is 5.78 Å². The highest BCUT2D eigenvalue weighted by Crippen LogP contribution is 2.22. The molecule has 3 rings (SSSR count). The zero-order valence-electron chi connectivity index (χ0n) is 15.1. The molecule has 1 fully saturated rings. The molecule has 0 bridgehead atoms. The van der Waals surface area contributed by atoms with Crippen LogP contribution in [0.1, 0.15) is 48.9 Å². The maximum absolute atomic E-state index is 12.1. The van der Waals surface area contributed by atoms with E-state index in [9.17, 15) is 9.59 Å². The number of Topliss-reactive ketones (excluding diaryl/α,β-unsaturated/α-hetero) is 1. The Bertz CT molecular complexity index is 720. The number of hydrogen-bond acceptors (Lipinski definition) is 3. The second-order valence-electron chi connectivity index (χ2n) is 6.79. The van der Waals surface area contributed by atoms with E-state index < -0.39 is 0 Å². The molecule has 0 saturated carbocycles. The van der Waals surface area contributed by atoms with Crippen molar-refractivity contribution in [3.63, 3.8) is 0 Å². The van der Waals surface area contributed by atoms with Crippen LogP contribution in [0, 0.1) is 0 Å². The zero-order valence-corrected chi connectivity index (χ0v) is 15.1. The molecular formula is C22H26N2O2. The average molecular weight is 350 g/mol. The van der Waals surface area contributed by atoms with Gasteiger partial charge in [-0.3, -0.25) is 9.59 Å². The first-order chi connectivity index (χ1) is 12.7. The summed E-state index contributed by atoms with van der Waals surface area (Å²) in [5.74, 6) is 0.0425. The minimum atomic E-state index is -0.0448. The number of rotatable bonds is 7. The Hall–Kier alpha value is -2.62. The number of anilines is 2. The molecule has 136 valence electrons. The van der Waals surface area contributed by atoms with Crippen LogP contribution < -0.4 is 10.2 Å². The number of nitrogens with zero attached hydrogens (tertiary/aromatic N) is 1. The number of carbonyl (C=O) groups excluding carboxylic acids is 2. The summed E-state index contributed by atoms with van der Waals surface area (Å²) < 4.78 is 0. The lowest BCUT2D eigenvalue weighted by Gasteiger charge is -2.28. The Morgan fingerprint density at radius 2 is 1.54 bits per heavy atom. The molecule has 0 unspecified atom stereocenters. The molecule has 0 aliphatic carbocycles. The molecule has 1 saturated heterocycles. The van der Waals surface area contributed by atoms with Crippen LogP contribution in [-0.4, -0.2) is 24.8 Å². The Balaban J connectivity index is 1.42. The van der Waals surface area contributed by atoms with Crippen molar-refractivity contribution in [3.8, 4) is 0 Å². The number of ketones is 1. The fourth-order valence-corrected chi connectivity index (χ4v) is 3.31. The summed E-state index contributed by atoms with van der Waals surface area (Å²) in [6, 6.07) is 17.3. The molecule has 2 aromatic rings. The van der Waals surface area contributed by atoms with Crippen molar-refractivity contribution >= 4 is 23.1 Å².